The topological polar surface area (TPSA) is 55.8 Å². The van der Waals surface area contributed by atoms with Crippen molar-refractivity contribution in [1.29, 1.82) is 0 Å². The van der Waals surface area contributed by atoms with Crippen LogP contribution in [0.15, 0.2) is 54.6 Å². The lowest BCUT2D eigenvalue weighted by molar-refractivity contribution is -0.151. The molecule has 1 amide bonds. The minimum absolute atomic E-state index is 0.147. The quantitative estimate of drug-likeness (QED) is 0.467. The second kappa shape index (κ2) is 10.8. The van der Waals surface area contributed by atoms with Gasteiger partial charge in [0.05, 0.1) is 19.5 Å². The molecule has 2 rings (SSSR count). The summed E-state index contributed by atoms with van der Waals surface area (Å²) in [6.07, 6.45) is 0. The Balaban J connectivity index is 1.82. The predicted octanol–water partition coefficient (Wildman–Crippen LogP) is 3.82. The smallest absolute Gasteiger partial charge is 0.333 e. The van der Waals surface area contributed by atoms with E-state index in [9.17, 15) is 9.59 Å². The van der Waals surface area contributed by atoms with Gasteiger partial charge in [0.15, 0.2) is 6.04 Å². The van der Waals surface area contributed by atoms with Crippen LogP contribution in [-0.4, -0.2) is 49.0 Å². The van der Waals surface area contributed by atoms with Crippen LogP contribution in [0.4, 0.5) is 0 Å². The molecule has 7 heteroatoms. The highest BCUT2D eigenvalue weighted by atomic mass is 35.5. The first kappa shape index (κ1) is 21.1. The van der Waals surface area contributed by atoms with Gasteiger partial charge in [0, 0.05) is 17.8 Å². The average molecular weight is 408 g/mol. The molecule has 2 aromatic carbocycles. The zero-order valence-electron chi connectivity index (χ0n) is 15.3. The van der Waals surface area contributed by atoms with E-state index in [1.807, 2.05) is 18.2 Å². The molecule has 0 aliphatic carbocycles. The molecule has 0 aliphatic rings. The fraction of sp³-hybridized carbons (Fsp3) is 0.300. The normalized spacial score (nSPS) is 11.5. The van der Waals surface area contributed by atoms with E-state index >= 15 is 0 Å². The Kier molecular flexibility index (Phi) is 8.48. The monoisotopic (exact) mass is 407 g/mol. The van der Waals surface area contributed by atoms with Crippen LogP contribution in [0.1, 0.15) is 11.6 Å². The zero-order valence-corrected chi connectivity index (χ0v) is 16.8. The summed E-state index contributed by atoms with van der Waals surface area (Å²) in [4.78, 5) is 26.1. The Morgan fingerprint density at radius 1 is 1.11 bits per heavy atom. The van der Waals surface area contributed by atoms with Gasteiger partial charge in [0.1, 0.15) is 5.75 Å². The maximum absolute atomic E-state index is 12.5. The van der Waals surface area contributed by atoms with Gasteiger partial charge < -0.3 is 14.4 Å². The highest BCUT2D eigenvalue weighted by Crippen LogP contribution is 2.22. The van der Waals surface area contributed by atoms with Gasteiger partial charge in [-0.15, -0.1) is 11.8 Å². The lowest BCUT2D eigenvalue weighted by Crippen LogP contribution is -2.37. The molecule has 0 aliphatic heterocycles. The molecule has 5 nitrogen and oxygen atoms in total. The number of nitrogens with zero attached hydrogens (tertiary/aromatic N) is 1. The summed E-state index contributed by atoms with van der Waals surface area (Å²) < 4.78 is 10.5. The lowest BCUT2D eigenvalue weighted by atomic mass is 10.1. The third-order valence-corrected chi connectivity index (χ3v) is 5.01. The highest BCUT2D eigenvalue weighted by molar-refractivity contribution is 7.99. The fourth-order valence-corrected chi connectivity index (χ4v) is 3.27. The number of amides is 1. The SMILES string of the molecule is COC(=O)C(c1ccccc1)N(C)C(=O)CSCCOc1ccc(Cl)cc1. The van der Waals surface area contributed by atoms with Crippen molar-refractivity contribution < 1.29 is 19.1 Å². The molecule has 0 saturated carbocycles. The Morgan fingerprint density at radius 2 is 1.78 bits per heavy atom. The number of carbonyl (C=O) groups excluding carboxylic acids is 2. The average Bonchev–Trinajstić information content (AvgIpc) is 2.69. The summed E-state index contributed by atoms with van der Waals surface area (Å²) in [5.74, 6) is 1.02. The Morgan fingerprint density at radius 3 is 2.41 bits per heavy atom. The van der Waals surface area contributed by atoms with E-state index in [4.69, 9.17) is 21.1 Å². The molecule has 0 radical (unpaired) electrons. The van der Waals surface area contributed by atoms with E-state index in [1.54, 1.807) is 43.4 Å². The molecule has 27 heavy (non-hydrogen) atoms. The van der Waals surface area contributed by atoms with Gasteiger partial charge in [-0.05, 0) is 29.8 Å². The number of thioether (sulfide) groups is 1. The standard InChI is InChI=1S/C20H22ClNO4S/c1-22(19(20(24)25-2)15-6-4-3-5-7-15)18(23)14-27-13-12-26-17-10-8-16(21)9-11-17/h3-11,19H,12-14H2,1-2H3. The van der Waals surface area contributed by atoms with Gasteiger partial charge in [-0.2, -0.15) is 0 Å². The van der Waals surface area contributed by atoms with Gasteiger partial charge in [0.2, 0.25) is 5.91 Å². The minimum Gasteiger partial charge on any atom is -0.493 e. The van der Waals surface area contributed by atoms with E-state index in [-0.39, 0.29) is 11.7 Å². The third kappa shape index (κ3) is 6.48. The summed E-state index contributed by atoms with van der Waals surface area (Å²) in [5, 5.41) is 0.656. The number of rotatable bonds is 9. The molecule has 0 spiro atoms. The van der Waals surface area contributed by atoms with Crippen molar-refractivity contribution >= 4 is 35.2 Å². The molecule has 2 aromatic rings. The number of carbonyl (C=O) groups is 2. The van der Waals surface area contributed by atoms with Gasteiger partial charge >= 0.3 is 5.97 Å². The lowest BCUT2D eigenvalue weighted by Gasteiger charge is -2.26. The molecule has 1 atom stereocenters. The number of likely N-dealkylation sites (N-methyl/N-ethyl adjacent to an activating group) is 1. The second-order valence-electron chi connectivity index (χ2n) is 5.70. The number of benzene rings is 2. The van der Waals surface area contributed by atoms with Crippen molar-refractivity contribution in [2.75, 3.05) is 32.3 Å². The van der Waals surface area contributed by atoms with Crippen LogP contribution in [0.25, 0.3) is 0 Å². The zero-order chi connectivity index (χ0) is 19.6. The number of ether oxygens (including phenoxy) is 2. The summed E-state index contributed by atoms with van der Waals surface area (Å²) in [6.45, 7) is 0.475. The number of methoxy groups -OCH3 is 1. The van der Waals surface area contributed by atoms with E-state index in [0.29, 0.717) is 17.4 Å². The Bertz CT molecular complexity index is 739. The number of hydrogen-bond acceptors (Lipinski definition) is 5. The molecule has 0 aromatic heterocycles. The Hall–Kier alpha value is -2.18. The van der Waals surface area contributed by atoms with E-state index < -0.39 is 12.0 Å². The van der Waals surface area contributed by atoms with Crippen molar-refractivity contribution in [2.24, 2.45) is 0 Å². The first-order chi connectivity index (χ1) is 13.0. The van der Waals surface area contributed by atoms with Crippen molar-refractivity contribution in [3.05, 3.63) is 65.2 Å². The molecule has 1 unspecified atom stereocenters. The minimum atomic E-state index is -0.755. The van der Waals surface area contributed by atoms with Crippen molar-refractivity contribution in [1.82, 2.24) is 4.90 Å². The van der Waals surface area contributed by atoms with E-state index in [0.717, 1.165) is 11.3 Å². The van der Waals surface area contributed by atoms with Crippen molar-refractivity contribution in [2.45, 2.75) is 6.04 Å². The number of esters is 1. The maximum Gasteiger partial charge on any atom is 0.333 e. The maximum atomic E-state index is 12.5. The van der Waals surface area contributed by atoms with Crippen molar-refractivity contribution in [3.8, 4) is 5.75 Å². The van der Waals surface area contributed by atoms with Gasteiger partial charge in [-0.3, -0.25) is 4.79 Å². The molecule has 0 heterocycles. The van der Waals surface area contributed by atoms with Crippen LogP contribution in [-0.2, 0) is 14.3 Å². The van der Waals surface area contributed by atoms with Crippen LogP contribution >= 0.6 is 23.4 Å². The summed E-state index contributed by atoms with van der Waals surface area (Å²) in [7, 11) is 2.93. The van der Waals surface area contributed by atoms with Gasteiger partial charge in [0.25, 0.3) is 0 Å². The van der Waals surface area contributed by atoms with Crippen LogP contribution in [0.2, 0.25) is 5.02 Å². The van der Waals surface area contributed by atoms with Crippen LogP contribution in [0.5, 0.6) is 5.75 Å². The van der Waals surface area contributed by atoms with Crippen LogP contribution < -0.4 is 4.74 Å². The summed E-state index contributed by atoms with van der Waals surface area (Å²) in [6, 6.07) is 15.5. The molecule has 0 bridgehead atoms. The van der Waals surface area contributed by atoms with Crippen LogP contribution in [0.3, 0.4) is 0 Å². The first-order valence-electron chi connectivity index (χ1n) is 8.37. The molecule has 0 fully saturated rings. The molecule has 0 N–H and O–H groups in total. The molecule has 144 valence electrons. The highest BCUT2D eigenvalue weighted by Gasteiger charge is 2.29. The number of halogens is 1. The molecular formula is C20H22ClNO4S. The van der Waals surface area contributed by atoms with E-state index in [1.165, 1.54) is 23.8 Å². The fourth-order valence-electron chi connectivity index (χ4n) is 2.42. The van der Waals surface area contributed by atoms with E-state index in [2.05, 4.69) is 0 Å². The summed E-state index contributed by atoms with van der Waals surface area (Å²) in [5.41, 5.74) is 0.719. The number of hydrogen-bond donors (Lipinski definition) is 0. The van der Waals surface area contributed by atoms with Crippen LogP contribution in [0, 0.1) is 0 Å². The predicted molar refractivity (Wildman–Crippen MR) is 108 cm³/mol. The van der Waals surface area contributed by atoms with Gasteiger partial charge in [-0.25, -0.2) is 4.79 Å². The largest absolute Gasteiger partial charge is 0.493 e. The van der Waals surface area contributed by atoms with Gasteiger partial charge in [-0.1, -0.05) is 41.9 Å². The molecule has 0 saturated heterocycles. The first-order valence-corrected chi connectivity index (χ1v) is 9.90. The summed E-state index contributed by atoms with van der Waals surface area (Å²) >= 11 is 7.28. The third-order valence-electron chi connectivity index (χ3n) is 3.86. The Labute approximate surface area is 168 Å². The second-order valence-corrected chi connectivity index (χ2v) is 7.24. The molecular weight excluding hydrogens is 386 g/mol. The van der Waals surface area contributed by atoms with Crippen molar-refractivity contribution in [3.63, 3.8) is 0 Å².